The summed E-state index contributed by atoms with van der Waals surface area (Å²) in [5, 5.41) is 2.81. The van der Waals surface area contributed by atoms with Gasteiger partial charge >= 0.3 is 6.18 Å². The van der Waals surface area contributed by atoms with E-state index in [0.29, 0.717) is 17.0 Å². The van der Waals surface area contributed by atoms with Gasteiger partial charge in [-0.1, -0.05) is 23.7 Å². The maximum atomic E-state index is 13.6. The molecule has 2 N–H and O–H groups in total. The first-order chi connectivity index (χ1) is 16.8. The number of fused-ring (bicyclic) bond motifs is 1. The molecule has 5 rings (SSSR count). The number of H-pyrrole nitrogens is 1. The Kier molecular flexibility index (Phi) is 6.15. The number of hydrogen-bond acceptors (Lipinski definition) is 3. The molecule has 0 atom stereocenters. The normalized spacial score (nSPS) is 14.4. The zero-order valence-corrected chi connectivity index (χ0v) is 19.2. The largest absolute Gasteiger partial charge is 0.490 e. The first-order valence-corrected chi connectivity index (χ1v) is 11.6. The maximum Gasteiger partial charge on any atom is 0.417 e. The molecule has 9 heteroatoms. The number of carbonyl (C=O) groups is 1. The second-order valence-corrected chi connectivity index (χ2v) is 8.92. The van der Waals surface area contributed by atoms with Crippen LogP contribution in [0.5, 0.6) is 5.75 Å². The van der Waals surface area contributed by atoms with Crippen molar-refractivity contribution >= 4 is 34.2 Å². The molecule has 1 aromatic heterocycles. The standard InChI is InChI=1S/C26H21ClF3N3O2/c27-15-11-12-19(21(13-15)26(28,29)30)24-32-22-10-4-9-20(23(22)33-24)25(34)31-16-5-3-8-18(14-16)35-17-6-1-2-7-17/h3-5,8-14,17H,1-2,6-7H2,(H,31,34)(H,32,33). The molecule has 1 saturated carbocycles. The van der Waals surface area contributed by atoms with Crippen LogP contribution in [0.3, 0.4) is 0 Å². The monoisotopic (exact) mass is 499 g/mol. The first kappa shape index (κ1) is 23.2. The summed E-state index contributed by atoms with van der Waals surface area (Å²) in [6, 6.07) is 15.5. The molecule has 0 aliphatic heterocycles. The van der Waals surface area contributed by atoms with Crippen molar-refractivity contribution in [2.75, 3.05) is 5.32 Å². The van der Waals surface area contributed by atoms with Crippen LogP contribution in [-0.2, 0) is 6.18 Å². The fourth-order valence-corrected chi connectivity index (χ4v) is 4.52. The number of ether oxygens (including phenoxy) is 1. The molecule has 0 bridgehead atoms. The van der Waals surface area contributed by atoms with Crippen molar-refractivity contribution in [3.63, 3.8) is 0 Å². The van der Waals surface area contributed by atoms with E-state index in [4.69, 9.17) is 16.3 Å². The number of imidazole rings is 1. The number of aromatic amines is 1. The fraction of sp³-hybridized carbons (Fsp3) is 0.231. The summed E-state index contributed by atoms with van der Waals surface area (Å²) in [6.07, 6.45) is -0.0981. The van der Waals surface area contributed by atoms with Crippen molar-refractivity contribution in [2.24, 2.45) is 0 Å². The van der Waals surface area contributed by atoms with Crippen LogP contribution in [0.1, 0.15) is 41.6 Å². The molecule has 0 saturated heterocycles. The minimum atomic E-state index is -4.62. The Morgan fingerprint density at radius 3 is 2.60 bits per heavy atom. The number of halogens is 4. The number of nitrogens with zero attached hydrogens (tertiary/aromatic N) is 1. The number of rotatable bonds is 5. The van der Waals surface area contributed by atoms with Crippen LogP contribution in [0.25, 0.3) is 22.4 Å². The lowest BCUT2D eigenvalue weighted by Crippen LogP contribution is -2.13. The molecule has 0 radical (unpaired) electrons. The van der Waals surface area contributed by atoms with Gasteiger partial charge in [-0.2, -0.15) is 13.2 Å². The van der Waals surface area contributed by atoms with Gasteiger partial charge in [0.1, 0.15) is 17.1 Å². The quantitative estimate of drug-likeness (QED) is 0.299. The highest BCUT2D eigenvalue weighted by Crippen LogP contribution is 2.38. The Morgan fingerprint density at radius 2 is 1.83 bits per heavy atom. The van der Waals surface area contributed by atoms with Crippen LogP contribution in [-0.4, -0.2) is 22.0 Å². The molecule has 3 aromatic carbocycles. The van der Waals surface area contributed by atoms with Crippen molar-refractivity contribution in [2.45, 2.75) is 38.0 Å². The van der Waals surface area contributed by atoms with E-state index in [0.717, 1.165) is 31.7 Å². The summed E-state index contributed by atoms with van der Waals surface area (Å²) in [7, 11) is 0. The lowest BCUT2D eigenvalue weighted by Gasteiger charge is -2.14. The SMILES string of the molecule is O=C(Nc1cccc(OC2CCCC2)c1)c1cccc2[nH]c(-c3ccc(Cl)cc3C(F)(F)F)nc12. The second kappa shape index (κ2) is 9.26. The fourth-order valence-electron chi connectivity index (χ4n) is 4.34. The predicted octanol–water partition coefficient (Wildman–Crippen LogP) is 7.48. The maximum absolute atomic E-state index is 13.6. The Morgan fingerprint density at radius 1 is 1.06 bits per heavy atom. The van der Waals surface area contributed by atoms with E-state index in [1.165, 1.54) is 12.1 Å². The van der Waals surface area contributed by atoms with Crippen LogP contribution in [0.2, 0.25) is 5.02 Å². The minimum absolute atomic E-state index is 0.00352. The lowest BCUT2D eigenvalue weighted by atomic mass is 10.1. The van der Waals surface area contributed by atoms with E-state index >= 15 is 0 Å². The van der Waals surface area contributed by atoms with E-state index in [-0.39, 0.29) is 33.6 Å². The Hall–Kier alpha value is -3.52. The smallest absolute Gasteiger partial charge is 0.417 e. The minimum Gasteiger partial charge on any atom is -0.490 e. The Labute approximate surface area is 204 Å². The average Bonchev–Trinajstić information content (AvgIpc) is 3.48. The summed E-state index contributed by atoms with van der Waals surface area (Å²) in [5.41, 5.74) is 0.427. The van der Waals surface area contributed by atoms with Crippen molar-refractivity contribution < 1.29 is 22.7 Å². The van der Waals surface area contributed by atoms with E-state index in [9.17, 15) is 18.0 Å². The van der Waals surface area contributed by atoms with Gasteiger partial charge in [0, 0.05) is 22.3 Å². The number of benzene rings is 3. The highest BCUT2D eigenvalue weighted by Gasteiger charge is 2.35. The first-order valence-electron chi connectivity index (χ1n) is 11.2. The number of anilines is 1. The van der Waals surface area contributed by atoms with Gasteiger partial charge in [0.05, 0.1) is 22.7 Å². The average molecular weight is 500 g/mol. The van der Waals surface area contributed by atoms with E-state index in [1.807, 2.05) is 6.07 Å². The topological polar surface area (TPSA) is 67.0 Å². The Balaban J connectivity index is 1.44. The van der Waals surface area contributed by atoms with Gasteiger partial charge in [-0.3, -0.25) is 4.79 Å². The van der Waals surface area contributed by atoms with Crippen LogP contribution in [0.15, 0.2) is 60.7 Å². The molecule has 35 heavy (non-hydrogen) atoms. The summed E-state index contributed by atoms with van der Waals surface area (Å²) in [5.74, 6) is 0.243. The molecule has 5 nitrogen and oxygen atoms in total. The Bertz CT molecular complexity index is 1390. The zero-order valence-electron chi connectivity index (χ0n) is 18.5. The molecule has 1 heterocycles. The second-order valence-electron chi connectivity index (χ2n) is 8.48. The van der Waals surface area contributed by atoms with E-state index in [1.54, 1.807) is 36.4 Å². The van der Waals surface area contributed by atoms with Gasteiger partial charge in [0.2, 0.25) is 0 Å². The number of para-hydroxylation sites is 1. The van der Waals surface area contributed by atoms with E-state index < -0.39 is 17.6 Å². The number of nitrogens with one attached hydrogen (secondary N) is 2. The molecular weight excluding hydrogens is 479 g/mol. The summed E-state index contributed by atoms with van der Waals surface area (Å²) in [4.78, 5) is 20.3. The molecule has 1 fully saturated rings. The number of alkyl halides is 3. The van der Waals surface area contributed by atoms with Crippen molar-refractivity contribution in [3.8, 4) is 17.1 Å². The van der Waals surface area contributed by atoms with Crippen molar-refractivity contribution in [1.29, 1.82) is 0 Å². The summed E-state index contributed by atoms with van der Waals surface area (Å²) in [6.45, 7) is 0. The summed E-state index contributed by atoms with van der Waals surface area (Å²) < 4.78 is 46.8. The molecule has 1 aliphatic carbocycles. The third-order valence-electron chi connectivity index (χ3n) is 6.00. The van der Waals surface area contributed by atoms with Crippen LogP contribution < -0.4 is 10.1 Å². The number of carbonyl (C=O) groups excluding carboxylic acids is 1. The number of aromatic nitrogens is 2. The predicted molar refractivity (Wildman–Crippen MR) is 129 cm³/mol. The van der Waals surface area contributed by atoms with Gasteiger partial charge in [-0.15, -0.1) is 0 Å². The highest BCUT2D eigenvalue weighted by atomic mass is 35.5. The van der Waals surface area contributed by atoms with Gasteiger partial charge < -0.3 is 15.0 Å². The molecule has 4 aromatic rings. The van der Waals surface area contributed by atoms with Crippen LogP contribution in [0.4, 0.5) is 18.9 Å². The molecule has 1 aliphatic rings. The van der Waals surface area contributed by atoms with Crippen molar-refractivity contribution in [1.82, 2.24) is 9.97 Å². The lowest BCUT2D eigenvalue weighted by molar-refractivity contribution is -0.137. The van der Waals surface area contributed by atoms with Crippen LogP contribution in [0, 0.1) is 0 Å². The van der Waals surface area contributed by atoms with Gasteiger partial charge in [-0.05, 0) is 68.1 Å². The number of amides is 1. The molecule has 0 unspecified atom stereocenters. The number of hydrogen-bond donors (Lipinski definition) is 2. The van der Waals surface area contributed by atoms with Gasteiger partial charge in [-0.25, -0.2) is 4.98 Å². The van der Waals surface area contributed by atoms with E-state index in [2.05, 4.69) is 15.3 Å². The van der Waals surface area contributed by atoms with Crippen LogP contribution >= 0.6 is 11.6 Å². The summed E-state index contributed by atoms with van der Waals surface area (Å²) >= 11 is 5.80. The zero-order chi connectivity index (χ0) is 24.6. The molecule has 0 spiro atoms. The van der Waals surface area contributed by atoms with Gasteiger partial charge in [0.25, 0.3) is 5.91 Å². The molecule has 180 valence electrons. The highest BCUT2D eigenvalue weighted by molar-refractivity contribution is 6.30. The molecular formula is C26H21ClF3N3O2. The third kappa shape index (κ3) is 4.98. The van der Waals surface area contributed by atoms with Crippen molar-refractivity contribution in [3.05, 3.63) is 76.8 Å². The van der Waals surface area contributed by atoms with Gasteiger partial charge in [0.15, 0.2) is 0 Å². The third-order valence-corrected chi connectivity index (χ3v) is 6.23. The molecule has 1 amide bonds.